The fraction of sp³-hybridized carbons (Fsp3) is 0.364. The zero-order valence-electron chi connectivity index (χ0n) is 16.7. The van der Waals surface area contributed by atoms with Crippen LogP contribution in [0.3, 0.4) is 0 Å². The van der Waals surface area contributed by atoms with Crippen molar-refractivity contribution >= 4 is 6.08 Å². The summed E-state index contributed by atoms with van der Waals surface area (Å²) < 4.78 is 21.0. The summed E-state index contributed by atoms with van der Waals surface area (Å²) in [7, 11) is 6.29. The molecular formula is C22H28O6. The largest absolute Gasteiger partial charge is 0.493 e. The molecule has 2 atom stereocenters. The van der Waals surface area contributed by atoms with Gasteiger partial charge < -0.3 is 29.2 Å². The monoisotopic (exact) mass is 388 g/mol. The van der Waals surface area contributed by atoms with Crippen LogP contribution in [0.15, 0.2) is 42.5 Å². The molecule has 0 unspecified atom stereocenters. The minimum absolute atomic E-state index is 0.147. The summed E-state index contributed by atoms with van der Waals surface area (Å²) in [5.74, 6) is 2.09. The second kappa shape index (κ2) is 10.6. The molecule has 0 aliphatic rings. The number of methoxy groups -OCH3 is 4. The van der Waals surface area contributed by atoms with Crippen LogP contribution in [0.2, 0.25) is 0 Å². The minimum atomic E-state index is -0.833. The Morgan fingerprint density at radius 3 is 1.96 bits per heavy atom. The number of aliphatic hydroxyl groups excluding tert-OH is 2. The van der Waals surface area contributed by atoms with Crippen molar-refractivity contribution in [1.29, 1.82) is 0 Å². The van der Waals surface area contributed by atoms with Crippen molar-refractivity contribution in [3.63, 3.8) is 0 Å². The van der Waals surface area contributed by atoms with Crippen molar-refractivity contribution in [2.75, 3.05) is 35.0 Å². The molecule has 0 amide bonds. The number of aliphatic hydroxyl groups is 2. The van der Waals surface area contributed by atoms with E-state index >= 15 is 0 Å². The summed E-state index contributed by atoms with van der Waals surface area (Å²) in [6.45, 7) is -0.147. The average Bonchev–Trinajstić information content (AvgIpc) is 2.75. The van der Waals surface area contributed by atoms with E-state index in [1.807, 2.05) is 30.4 Å². The molecule has 28 heavy (non-hydrogen) atoms. The molecule has 152 valence electrons. The first-order valence-corrected chi connectivity index (χ1v) is 8.97. The van der Waals surface area contributed by atoms with Gasteiger partial charge in [0, 0.05) is 12.5 Å². The molecule has 0 bridgehead atoms. The Hall–Kier alpha value is -2.70. The molecule has 0 saturated carbocycles. The van der Waals surface area contributed by atoms with E-state index in [1.165, 1.54) is 0 Å². The van der Waals surface area contributed by atoms with Gasteiger partial charge in [0.2, 0.25) is 0 Å². The third kappa shape index (κ3) is 5.18. The van der Waals surface area contributed by atoms with Crippen LogP contribution in [0.1, 0.15) is 23.7 Å². The van der Waals surface area contributed by atoms with Gasteiger partial charge in [0.25, 0.3) is 0 Å². The van der Waals surface area contributed by atoms with Crippen LogP contribution in [0.25, 0.3) is 6.08 Å². The topological polar surface area (TPSA) is 77.4 Å². The lowest BCUT2D eigenvalue weighted by Gasteiger charge is -2.21. The van der Waals surface area contributed by atoms with Gasteiger partial charge in [-0.05, 0) is 41.8 Å². The van der Waals surface area contributed by atoms with Crippen LogP contribution in [0.5, 0.6) is 23.0 Å². The highest BCUT2D eigenvalue weighted by Crippen LogP contribution is 2.33. The van der Waals surface area contributed by atoms with Gasteiger partial charge in [-0.1, -0.05) is 24.3 Å². The first-order chi connectivity index (χ1) is 13.6. The lowest BCUT2D eigenvalue weighted by molar-refractivity contribution is 0.0682. The zero-order chi connectivity index (χ0) is 20.5. The SMILES string of the molecule is COc1ccc(/C=C/C[C@@H](CO)[C@@H](O)c2ccc(OC)c(OC)c2)cc1OC. The Morgan fingerprint density at radius 2 is 1.39 bits per heavy atom. The van der Waals surface area contributed by atoms with E-state index in [-0.39, 0.29) is 12.5 Å². The number of ether oxygens (including phenoxy) is 4. The molecule has 2 aromatic carbocycles. The lowest BCUT2D eigenvalue weighted by atomic mass is 9.93. The normalized spacial score (nSPS) is 13.2. The van der Waals surface area contributed by atoms with Crippen molar-refractivity contribution in [1.82, 2.24) is 0 Å². The molecule has 6 nitrogen and oxygen atoms in total. The molecule has 0 heterocycles. The fourth-order valence-electron chi connectivity index (χ4n) is 2.95. The molecule has 2 rings (SSSR count). The third-order valence-electron chi connectivity index (χ3n) is 4.59. The molecule has 0 spiro atoms. The van der Waals surface area contributed by atoms with Gasteiger partial charge in [0.15, 0.2) is 23.0 Å². The van der Waals surface area contributed by atoms with Crippen LogP contribution in [0, 0.1) is 5.92 Å². The number of allylic oxidation sites excluding steroid dienone is 1. The summed E-state index contributed by atoms with van der Waals surface area (Å²) in [4.78, 5) is 0. The first-order valence-electron chi connectivity index (χ1n) is 8.97. The molecule has 2 N–H and O–H groups in total. The van der Waals surface area contributed by atoms with E-state index in [0.717, 1.165) is 5.56 Å². The highest BCUT2D eigenvalue weighted by atomic mass is 16.5. The van der Waals surface area contributed by atoms with E-state index in [2.05, 4.69) is 0 Å². The Labute approximate surface area is 165 Å². The van der Waals surface area contributed by atoms with Gasteiger partial charge >= 0.3 is 0 Å². The molecular weight excluding hydrogens is 360 g/mol. The minimum Gasteiger partial charge on any atom is -0.493 e. The molecule has 2 aromatic rings. The number of rotatable bonds is 10. The molecule has 0 radical (unpaired) electrons. The molecule has 0 aliphatic heterocycles. The second-order valence-corrected chi connectivity index (χ2v) is 6.25. The third-order valence-corrected chi connectivity index (χ3v) is 4.59. The predicted molar refractivity (Wildman–Crippen MR) is 108 cm³/mol. The van der Waals surface area contributed by atoms with Gasteiger partial charge in [-0.15, -0.1) is 0 Å². The van der Waals surface area contributed by atoms with E-state index in [4.69, 9.17) is 18.9 Å². The maximum atomic E-state index is 10.7. The van der Waals surface area contributed by atoms with E-state index < -0.39 is 6.10 Å². The van der Waals surface area contributed by atoms with Gasteiger partial charge in [0.05, 0.1) is 34.5 Å². The van der Waals surface area contributed by atoms with Crippen LogP contribution in [-0.2, 0) is 0 Å². The highest BCUT2D eigenvalue weighted by molar-refractivity contribution is 5.56. The summed E-state index contributed by atoms with van der Waals surface area (Å²) in [5, 5.41) is 20.4. The molecule has 0 saturated heterocycles. The Kier molecular flexibility index (Phi) is 8.17. The Bertz CT molecular complexity index is 787. The predicted octanol–water partition coefficient (Wildman–Crippen LogP) is 3.47. The summed E-state index contributed by atoms with van der Waals surface area (Å²) >= 11 is 0. The maximum Gasteiger partial charge on any atom is 0.161 e. The van der Waals surface area contributed by atoms with E-state index in [0.29, 0.717) is 35.0 Å². The smallest absolute Gasteiger partial charge is 0.161 e. The van der Waals surface area contributed by atoms with Gasteiger partial charge in [0.1, 0.15) is 0 Å². The van der Waals surface area contributed by atoms with Crippen molar-refractivity contribution < 1.29 is 29.2 Å². The molecule has 0 aromatic heterocycles. The van der Waals surface area contributed by atoms with Crippen LogP contribution >= 0.6 is 0 Å². The van der Waals surface area contributed by atoms with Crippen molar-refractivity contribution in [3.05, 3.63) is 53.6 Å². The number of hydrogen-bond acceptors (Lipinski definition) is 6. The van der Waals surface area contributed by atoms with Crippen molar-refractivity contribution in [2.45, 2.75) is 12.5 Å². The second-order valence-electron chi connectivity index (χ2n) is 6.25. The number of benzene rings is 2. The molecule has 0 fully saturated rings. The van der Waals surface area contributed by atoms with Gasteiger partial charge in [-0.3, -0.25) is 0 Å². The Morgan fingerprint density at radius 1 is 0.821 bits per heavy atom. The number of hydrogen-bond donors (Lipinski definition) is 2. The molecule has 0 aliphatic carbocycles. The van der Waals surface area contributed by atoms with Gasteiger partial charge in [-0.25, -0.2) is 0 Å². The maximum absolute atomic E-state index is 10.7. The van der Waals surface area contributed by atoms with E-state index in [1.54, 1.807) is 46.6 Å². The highest BCUT2D eigenvalue weighted by Gasteiger charge is 2.20. The summed E-state index contributed by atoms with van der Waals surface area (Å²) in [6, 6.07) is 10.9. The molecule has 6 heteroatoms. The van der Waals surface area contributed by atoms with Crippen molar-refractivity contribution in [3.8, 4) is 23.0 Å². The fourth-order valence-corrected chi connectivity index (χ4v) is 2.95. The van der Waals surface area contributed by atoms with Crippen LogP contribution < -0.4 is 18.9 Å². The standard InChI is InChI=1S/C22H28O6/c1-25-18-10-8-15(12-20(18)27-3)6-5-7-17(14-23)22(24)16-9-11-19(26-2)21(13-16)28-4/h5-6,8-13,17,22-24H,7,14H2,1-4H3/b6-5+/t17-,22-/m0/s1. The van der Waals surface area contributed by atoms with Crippen LogP contribution in [-0.4, -0.2) is 45.3 Å². The quantitative estimate of drug-likeness (QED) is 0.649. The summed E-state index contributed by atoms with van der Waals surface area (Å²) in [6.07, 6.45) is 3.51. The van der Waals surface area contributed by atoms with E-state index in [9.17, 15) is 10.2 Å². The van der Waals surface area contributed by atoms with Gasteiger partial charge in [-0.2, -0.15) is 0 Å². The zero-order valence-corrected chi connectivity index (χ0v) is 16.7. The Balaban J connectivity index is 2.10. The lowest BCUT2D eigenvalue weighted by Crippen LogP contribution is -2.16. The summed E-state index contributed by atoms with van der Waals surface area (Å²) in [5.41, 5.74) is 1.60. The van der Waals surface area contributed by atoms with Crippen molar-refractivity contribution in [2.24, 2.45) is 5.92 Å². The first kappa shape index (κ1) is 21.6. The van der Waals surface area contributed by atoms with Crippen LogP contribution in [0.4, 0.5) is 0 Å². The average molecular weight is 388 g/mol.